The van der Waals surface area contributed by atoms with E-state index in [0.29, 0.717) is 17.8 Å². The Hall–Kier alpha value is -1.03. The maximum Gasteiger partial charge on any atom is 0.258 e. The highest BCUT2D eigenvalue weighted by atomic mass is 16.5. The van der Waals surface area contributed by atoms with E-state index in [2.05, 4.69) is 0 Å². The van der Waals surface area contributed by atoms with Gasteiger partial charge in [0, 0.05) is 19.4 Å². The standard InChI is InChI=1S/C9H16N2O2/c1-5-11-8(12)7(6(2)10)9(11,3)13-4/h5,10H2,1-4H3/b7-6-. The van der Waals surface area contributed by atoms with Gasteiger partial charge in [0.2, 0.25) is 0 Å². The Morgan fingerprint density at radius 3 is 2.54 bits per heavy atom. The molecular weight excluding hydrogens is 168 g/mol. The summed E-state index contributed by atoms with van der Waals surface area (Å²) in [6, 6.07) is 0. The number of ether oxygens (including phenoxy) is 1. The molecule has 1 heterocycles. The van der Waals surface area contributed by atoms with Gasteiger partial charge in [-0.05, 0) is 20.8 Å². The smallest absolute Gasteiger partial charge is 0.258 e. The number of hydrogen-bond acceptors (Lipinski definition) is 3. The number of likely N-dealkylation sites (tertiary alicyclic amines) is 1. The maximum absolute atomic E-state index is 11.5. The first-order chi connectivity index (χ1) is 5.99. The van der Waals surface area contributed by atoms with Crippen LogP contribution in [-0.2, 0) is 9.53 Å². The summed E-state index contributed by atoms with van der Waals surface area (Å²) < 4.78 is 5.29. The molecule has 13 heavy (non-hydrogen) atoms. The van der Waals surface area contributed by atoms with Crippen LogP contribution < -0.4 is 5.73 Å². The maximum atomic E-state index is 11.5. The summed E-state index contributed by atoms with van der Waals surface area (Å²) in [4.78, 5) is 13.2. The quantitative estimate of drug-likeness (QED) is 0.500. The summed E-state index contributed by atoms with van der Waals surface area (Å²) in [5.41, 5.74) is 6.11. The summed E-state index contributed by atoms with van der Waals surface area (Å²) in [5.74, 6) is -0.0214. The molecule has 4 nitrogen and oxygen atoms in total. The number of methoxy groups -OCH3 is 1. The van der Waals surface area contributed by atoms with Crippen LogP contribution in [0.4, 0.5) is 0 Å². The van der Waals surface area contributed by atoms with E-state index < -0.39 is 5.72 Å². The summed E-state index contributed by atoms with van der Waals surface area (Å²) in [5, 5.41) is 0. The molecule has 1 fully saturated rings. The fraction of sp³-hybridized carbons (Fsp3) is 0.667. The molecule has 1 aliphatic heterocycles. The van der Waals surface area contributed by atoms with Crippen LogP contribution in [0.15, 0.2) is 11.3 Å². The molecule has 1 rings (SSSR count). The van der Waals surface area contributed by atoms with Gasteiger partial charge in [0.05, 0.1) is 5.57 Å². The molecule has 0 spiro atoms. The largest absolute Gasteiger partial charge is 0.402 e. The lowest BCUT2D eigenvalue weighted by Crippen LogP contribution is -2.65. The van der Waals surface area contributed by atoms with Crippen molar-refractivity contribution in [3.05, 3.63) is 11.3 Å². The highest BCUT2D eigenvalue weighted by Gasteiger charge is 2.53. The fourth-order valence-corrected chi connectivity index (χ4v) is 1.80. The monoisotopic (exact) mass is 184 g/mol. The van der Waals surface area contributed by atoms with Crippen molar-refractivity contribution in [2.24, 2.45) is 5.73 Å². The van der Waals surface area contributed by atoms with Gasteiger partial charge < -0.3 is 15.4 Å². The van der Waals surface area contributed by atoms with Gasteiger partial charge in [-0.3, -0.25) is 4.79 Å². The first kappa shape index (κ1) is 10.1. The van der Waals surface area contributed by atoms with Crippen molar-refractivity contribution >= 4 is 5.91 Å². The summed E-state index contributed by atoms with van der Waals surface area (Å²) in [7, 11) is 1.58. The zero-order valence-electron chi connectivity index (χ0n) is 8.55. The minimum Gasteiger partial charge on any atom is -0.402 e. The molecule has 1 atom stereocenters. The Bertz CT molecular complexity index is 269. The number of β-lactam (4-membered cyclic amide) rings is 1. The van der Waals surface area contributed by atoms with Gasteiger partial charge in [-0.25, -0.2) is 0 Å². The number of rotatable bonds is 2. The highest BCUT2D eigenvalue weighted by molar-refractivity contribution is 6.03. The first-order valence-electron chi connectivity index (χ1n) is 4.33. The van der Waals surface area contributed by atoms with Crippen LogP contribution in [0.1, 0.15) is 20.8 Å². The fourth-order valence-electron chi connectivity index (χ4n) is 1.80. The molecule has 0 bridgehead atoms. The number of nitrogens with zero attached hydrogens (tertiary/aromatic N) is 1. The summed E-state index contributed by atoms with van der Waals surface area (Å²) >= 11 is 0. The van der Waals surface area contributed by atoms with E-state index in [4.69, 9.17) is 10.5 Å². The van der Waals surface area contributed by atoms with Crippen molar-refractivity contribution in [3.63, 3.8) is 0 Å². The Morgan fingerprint density at radius 2 is 2.23 bits per heavy atom. The molecule has 0 aromatic carbocycles. The number of likely N-dealkylation sites (N-methyl/N-ethyl adjacent to an activating group) is 1. The van der Waals surface area contributed by atoms with Crippen molar-refractivity contribution in [2.45, 2.75) is 26.5 Å². The third-order valence-electron chi connectivity index (χ3n) is 2.55. The Kier molecular flexibility index (Phi) is 2.34. The predicted octanol–water partition coefficient (Wildman–Crippen LogP) is 0.444. The van der Waals surface area contributed by atoms with E-state index in [1.54, 1.807) is 18.9 Å². The van der Waals surface area contributed by atoms with Crippen LogP contribution in [0, 0.1) is 0 Å². The molecular formula is C9H16N2O2. The first-order valence-corrected chi connectivity index (χ1v) is 4.33. The normalized spacial score (nSPS) is 31.7. The molecule has 0 aromatic rings. The predicted molar refractivity (Wildman–Crippen MR) is 49.7 cm³/mol. The van der Waals surface area contributed by atoms with Gasteiger partial charge in [-0.1, -0.05) is 0 Å². The van der Waals surface area contributed by atoms with E-state index in [9.17, 15) is 4.79 Å². The Balaban J connectivity index is 3.05. The minimum atomic E-state index is -0.620. The third-order valence-corrected chi connectivity index (χ3v) is 2.55. The second-order valence-corrected chi connectivity index (χ2v) is 3.29. The topological polar surface area (TPSA) is 55.6 Å². The number of amides is 1. The van der Waals surface area contributed by atoms with Crippen LogP contribution in [-0.4, -0.2) is 30.2 Å². The van der Waals surface area contributed by atoms with Crippen LogP contribution >= 0.6 is 0 Å². The molecule has 2 N–H and O–H groups in total. The van der Waals surface area contributed by atoms with E-state index in [-0.39, 0.29) is 5.91 Å². The van der Waals surface area contributed by atoms with E-state index >= 15 is 0 Å². The molecule has 4 heteroatoms. The van der Waals surface area contributed by atoms with Crippen molar-refractivity contribution < 1.29 is 9.53 Å². The van der Waals surface area contributed by atoms with Crippen molar-refractivity contribution in [2.75, 3.05) is 13.7 Å². The number of carbonyl (C=O) groups is 1. The highest BCUT2D eigenvalue weighted by Crippen LogP contribution is 2.38. The lowest BCUT2D eigenvalue weighted by molar-refractivity contribution is -0.176. The summed E-state index contributed by atoms with van der Waals surface area (Å²) in [6.07, 6.45) is 0. The van der Waals surface area contributed by atoms with Gasteiger partial charge in [0.25, 0.3) is 5.91 Å². The molecule has 1 saturated heterocycles. The van der Waals surface area contributed by atoms with E-state index in [0.717, 1.165) is 0 Å². The average Bonchev–Trinajstić information content (AvgIpc) is 2.03. The zero-order chi connectivity index (χ0) is 10.2. The zero-order valence-corrected chi connectivity index (χ0v) is 8.55. The molecule has 0 aliphatic carbocycles. The summed E-state index contributed by atoms with van der Waals surface area (Å²) in [6.45, 7) is 6.12. The molecule has 1 aliphatic rings. The number of nitrogens with two attached hydrogens (primary N) is 1. The lowest BCUT2D eigenvalue weighted by Gasteiger charge is -2.50. The SMILES string of the molecule is CCN1C(=O)/C(=C(\C)N)C1(C)OC. The van der Waals surface area contributed by atoms with Crippen LogP contribution in [0.5, 0.6) is 0 Å². The lowest BCUT2D eigenvalue weighted by atomic mass is 9.89. The van der Waals surface area contributed by atoms with Gasteiger partial charge in [0.1, 0.15) is 0 Å². The van der Waals surface area contributed by atoms with Gasteiger partial charge in [-0.15, -0.1) is 0 Å². The van der Waals surface area contributed by atoms with Crippen molar-refractivity contribution in [3.8, 4) is 0 Å². The Labute approximate surface area is 78.3 Å². The van der Waals surface area contributed by atoms with Gasteiger partial charge in [-0.2, -0.15) is 0 Å². The number of hydrogen-bond donors (Lipinski definition) is 1. The third kappa shape index (κ3) is 1.13. The molecule has 1 amide bonds. The van der Waals surface area contributed by atoms with E-state index in [1.807, 2.05) is 13.8 Å². The molecule has 1 unspecified atom stereocenters. The molecule has 0 saturated carbocycles. The molecule has 0 aromatic heterocycles. The van der Waals surface area contributed by atoms with Crippen LogP contribution in [0.3, 0.4) is 0 Å². The number of carbonyl (C=O) groups excluding carboxylic acids is 1. The van der Waals surface area contributed by atoms with Crippen LogP contribution in [0.2, 0.25) is 0 Å². The second kappa shape index (κ2) is 3.03. The van der Waals surface area contributed by atoms with Gasteiger partial charge >= 0.3 is 0 Å². The molecule has 74 valence electrons. The van der Waals surface area contributed by atoms with E-state index in [1.165, 1.54) is 0 Å². The van der Waals surface area contributed by atoms with Crippen molar-refractivity contribution in [1.29, 1.82) is 0 Å². The average molecular weight is 184 g/mol. The number of allylic oxidation sites excluding steroid dienone is 1. The van der Waals surface area contributed by atoms with Gasteiger partial charge in [0.15, 0.2) is 5.72 Å². The minimum absolute atomic E-state index is 0.0214. The van der Waals surface area contributed by atoms with Crippen LogP contribution in [0.25, 0.3) is 0 Å². The van der Waals surface area contributed by atoms with Crippen molar-refractivity contribution in [1.82, 2.24) is 4.90 Å². The second-order valence-electron chi connectivity index (χ2n) is 3.29. The molecule has 0 radical (unpaired) electrons. The Morgan fingerprint density at radius 1 is 1.69 bits per heavy atom.